The quantitative estimate of drug-likeness (QED) is 0.821. The minimum absolute atomic E-state index is 0.0897. The van der Waals surface area contributed by atoms with Crippen LogP contribution in [-0.2, 0) is 9.84 Å². The van der Waals surface area contributed by atoms with Gasteiger partial charge in [0.2, 0.25) is 0 Å². The van der Waals surface area contributed by atoms with Crippen LogP contribution < -0.4 is 4.90 Å². The van der Waals surface area contributed by atoms with E-state index in [1.165, 1.54) is 24.3 Å². The molecule has 0 saturated carbocycles. The summed E-state index contributed by atoms with van der Waals surface area (Å²) in [5.74, 6) is 2.22. The molecule has 1 N–H and O–H groups in total. The minimum atomic E-state index is -3.28. The molecule has 0 aliphatic rings. The van der Waals surface area contributed by atoms with Gasteiger partial charge in [-0.15, -0.1) is 6.42 Å². The summed E-state index contributed by atoms with van der Waals surface area (Å²) in [6, 6.07) is 5.50. The Labute approximate surface area is 99.6 Å². The Hall–Kier alpha value is -2.00. The summed E-state index contributed by atoms with van der Waals surface area (Å²) in [5, 5.41) is 8.90. The highest BCUT2D eigenvalue weighted by atomic mass is 32.2. The Balaban J connectivity index is 3.09. The average Bonchev–Trinajstić information content (AvgIpc) is 2.24. The summed E-state index contributed by atoms with van der Waals surface area (Å²) < 4.78 is 22.4. The van der Waals surface area contributed by atoms with Crippen molar-refractivity contribution in [1.82, 2.24) is 0 Å². The van der Waals surface area contributed by atoms with E-state index in [0.29, 0.717) is 5.69 Å². The first-order valence-corrected chi connectivity index (χ1v) is 6.49. The van der Waals surface area contributed by atoms with Crippen molar-refractivity contribution < 1.29 is 18.3 Å². The third kappa shape index (κ3) is 3.23. The summed E-state index contributed by atoms with van der Waals surface area (Å²) in [4.78, 5) is 12.0. The van der Waals surface area contributed by atoms with Crippen LogP contribution in [-0.4, -0.2) is 32.4 Å². The maximum absolute atomic E-state index is 11.2. The predicted octanol–water partition coefficient (Wildman–Crippen LogP) is 1.21. The van der Waals surface area contributed by atoms with Gasteiger partial charge in [-0.3, -0.25) is 4.90 Å². The number of carboxylic acid groups (broad SMARTS) is 1. The normalized spacial score (nSPS) is 10.6. The van der Waals surface area contributed by atoms with Gasteiger partial charge in [0, 0.05) is 11.9 Å². The summed E-state index contributed by atoms with van der Waals surface area (Å²) in [6.45, 7) is -0.0897. The SMILES string of the molecule is C#CCN(C(=O)O)c1ccc(S(C)(=O)=O)cc1. The molecule has 1 aromatic carbocycles. The lowest BCUT2D eigenvalue weighted by Crippen LogP contribution is -2.29. The Morgan fingerprint density at radius 1 is 1.41 bits per heavy atom. The number of hydrogen-bond donors (Lipinski definition) is 1. The highest BCUT2D eigenvalue weighted by molar-refractivity contribution is 7.90. The first-order valence-electron chi connectivity index (χ1n) is 4.60. The van der Waals surface area contributed by atoms with E-state index in [-0.39, 0.29) is 11.4 Å². The zero-order valence-electron chi connectivity index (χ0n) is 9.12. The molecule has 1 amide bonds. The first kappa shape index (κ1) is 13.1. The van der Waals surface area contributed by atoms with Gasteiger partial charge >= 0.3 is 6.09 Å². The van der Waals surface area contributed by atoms with Gasteiger partial charge in [-0.25, -0.2) is 13.2 Å². The van der Waals surface area contributed by atoms with Crippen molar-refractivity contribution in [2.75, 3.05) is 17.7 Å². The molecule has 0 heterocycles. The van der Waals surface area contributed by atoms with Crippen LogP contribution in [0.25, 0.3) is 0 Å². The second-order valence-corrected chi connectivity index (χ2v) is 5.35. The first-order chi connectivity index (χ1) is 7.86. The van der Waals surface area contributed by atoms with Crippen molar-refractivity contribution in [2.45, 2.75) is 4.90 Å². The third-order valence-corrected chi connectivity index (χ3v) is 3.19. The lowest BCUT2D eigenvalue weighted by molar-refractivity contribution is 0.202. The standard InChI is InChI=1S/C11H11NO4S/c1-3-8-12(11(13)14)9-4-6-10(7-5-9)17(2,15)16/h1,4-7H,8H2,2H3,(H,13,14). The van der Waals surface area contributed by atoms with Crippen LogP contribution >= 0.6 is 0 Å². The fourth-order valence-electron chi connectivity index (χ4n) is 1.23. The van der Waals surface area contributed by atoms with E-state index in [2.05, 4.69) is 5.92 Å². The highest BCUT2D eigenvalue weighted by Gasteiger charge is 2.14. The Morgan fingerprint density at radius 3 is 2.29 bits per heavy atom. The molecule has 0 aliphatic carbocycles. The Kier molecular flexibility index (Phi) is 3.76. The molecule has 0 unspecified atom stereocenters. The van der Waals surface area contributed by atoms with Crippen LogP contribution in [0.2, 0.25) is 0 Å². The fourth-order valence-corrected chi connectivity index (χ4v) is 1.86. The van der Waals surface area contributed by atoms with Gasteiger partial charge in [0.15, 0.2) is 9.84 Å². The maximum Gasteiger partial charge on any atom is 0.412 e. The molecular formula is C11H11NO4S. The molecule has 0 bridgehead atoms. The smallest absolute Gasteiger partial charge is 0.412 e. The van der Waals surface area contributed by atoms with Crippen molar-refractivity contribution >= 4 is 21.6 Å². The predicted molar refractivity (Wildman–Crippen MR) is 63.8 cm³/mol. The number of terminal acetylenes is 1. The van der Waals surface area contributed by atoms with Crippen molar-refractivity contribution in [2.24, 2.45) is 0 Å². The topological polar surface area (TPSA) is 74.7 Å². The number of nitrogens with zero attached hydrogens (tertiary/aromatic N) is 1. The van der Waals surface area contributed by atoms with Crippen LogP contribution in [0, 0.1) is 12.3 Å². The van der Waals surface area contributed by atoms with Gasteiger partial charge in [-0.1, -0.05) is 5.92 Å². The molecule has 0 saturated heterocycles. The van der Waals surface area contributed by atoms with Gasteiger partial charge in [-0.05, 0) is 24.3 Å². The lowest BCUT2D eigenvalue weighted by atomic mass is 10.3. The van der Waals surface area contributed by atoms with Crippen LogP contribution in [0.15, 0.2) is 29.2 Å². The number of anilines is 1. The molecule has 17 heavy (non-hydrogen) atoms. The molecule has 6 heteroatoms. The van der Waals surface area contributed by atoms with Gasteiger partial charge < -0.3 is 5.11 Å². The monoisotopic (exact) mass is 253 g/mol. The summed E-state index contributed by atoms with van der Waals surface area (Å²) in [6.07, 6.45) is 4.95. The maximum atomic E-state index is 11.2. The van der Waals surface area contributed by atoms with Crippen molar-refractivity contribution in [3.05, 3.63) is 24.3 Å². The van der Waals surface area contributed by atoms with Gasteiger partial charge in [0.25, 0.3) is 0 Å². The van der Waals surface area contributed by atoms with Gasteiger partial charge in [0.05, 0.1) is 11.4 Å². The molecule has 0 atom stereocenters. The third-order valence-electron chi connectivity index (χ3n) is 2.06. The zero-order chi connectivity index (χ0) is 13.1. The lowest BCUT2D eigenvalue weighted by Gasteiger charge is -2.16. The number of rotatable bonds is 3. The van der Waals surface area contributed by atoms with Crippen LogP contribution in [0.4, 0.5) is 10.5 Å². The van der Waals surface area contributed by atoms with Crippen LogP contribution in [0.3, 0.4) is 0 Å². The number of benzene rings is 1. The van der Waals surface area contributed by atoms with Crippen LogP contribution in [0.1, 0.15) is 0 Å². The molecule has 90 valence electrons. The Morgan fingerprint density at radius 2 is 1.94 bits per heavy atom. The number of amides is 1. The van der Waals surface area contributed by atoms with E-state index in [0.717, 1.165) is 11.2 Å². The van der Waals surface area contributed by atoms with Crippen LogP contribution in [0.5, 0.6) is 0 Å². The Bertz CT molecular complexity index is 554. The van der Waals surface area contributed by atoms with E-state index in [1.807, 2.05) is 0 Å². The van der Waals surface area contributed by atoms with E-state index in [9.17, 15) is 13.2 Å². The van der Waals surface area contributed by atoms with Gasteiger partial charge in [-0.2, -0.15) is 0 Å². The molecule has 0 aromatic heterocycles. The molecule has 0 fully saturated rings. The number of carbonyl (C=O) groups is 1. The van der Waals surface area contributed by atoms with Crippen molar-refractivity contribution in [1.29, 1.82) is 0 Å². The number of hydrogen-bond acceptors (Lipinski definition) is 3. The van der Waals surface area contributed by atoms with Crippen molar-refractivity contribution in [3.63, 3.8) is 0 Å². The molecule has 5 nitrogen and oxygen atoms in total. The molecule has 1 rings (SSSR count). The average molecular weight is 253 g/mol. The molecule has 1 aromatic rings. The molecule has 0 radical (unpaired) electrons. The van der Waals surface area contributed by atoms with E-state index in [1.54, 1.807) is 0 Å². The minimum Gasteiger partial charge on any atom is -0.465 e. The highest BCUT2D eigenvalue weighted by Crippen LogP contribution is 2.17. The largest absolute Gasteiger partial charge is 0.465 e. The number of sulfone groups is 1. The van der Waals surface area contributed by atoms with Gasteiger partial charge in [0.1, 0.15) is 0 Å². The summed E-state index contributed by atoms with van der Waals surface area (Å²) >= 11 is 0. The van der Waals surface area contributed by atoms with E-state index in [4.69, 9.17) is 11.5 Å². The summed E-state index contributed by atoms with van der Waals surface area (Å²) in [7, 11) is -3.28. The fraction of sp³-hybridized carbons (Fsp3) is 0.182. The second kappa shape index (κ2) is 4.89. The zero-order valence-corrected chi connectivity index (χ0v) is 9.94. The van der Waals surface area contributed by atoms with Crippen molar-refractivity contribution in [3.8, 4) is 12.3 Å². The van der Waals surface area contributed by atoms with E-state index >= 15 is 0 Å². The second-order valence-electron chi connectivity index (χ2n) is 3.34. The molecular weight excluding hydrogens is 242 g/mol. The van der Waals surface area contributed by atoms with E-state index < -0.39 is 15.9 Å². The molecule has 0 spiro atoms. The molecule has 0 aliphatic heterocycles. The summed E-state index contributed by atoms with van der Waals surface area (Å²) in [5.41, 5.74) is 0.336.